The van der Waals surface area contributed by atoms with E-state index in [2.05, 4.69) is 17.4 Å². The summed E-state index contributed by atoms with van der Waals surface area (Å²) in [7, 11) is 0. The van der Waals surface area contributed by atoms with Crippen molar-refractivity contribution in [2.75, 3.05) is 5.32 Å². The van der Waals surface area contributed by atoms with Gasteiger partial charge in [0.2, 0.25) is 0 Å². The molecular weight excluding hydrogens is 218 g/mol. The second kappa shape index (κ2) is 4.29. The largest absolute Gasteiger partial charge is 0.381 e. The van der Waals surface area contributed by atoms with Crippen molar-refractivity contribution < 1.29 is 0 Å². The smallest absolute Gasteiger partial charge is 0.0426 e. The Bertz CT molecular complexity index is 382. The van der Waals surface area contributed by atoms with Crippen molar-refractivity contribution in [3.63, 3.8) is 0 Å². The zero-order chi connectivity index (χ0) is 11.0. The first kappa shape index (κ1) is 10.5. The Labute approximate surface area is 102 Å². The van der Waals surface area contributed by atoms with E-state index in [0.29, 0.717) is 6.04 Å². The lowest BCUT2D eigenvalue weighted by Crippen LogP contribution is -2.28. The van der Waals surface area contributed by atoms with Crippen LogP contribution in [0.3, 0.4) is 0 Å². The van der Waals surface area contributed by atoms with Crippen molar-refractivity contribution in [3.8, 4) is 0 Å². The third kappa shape index (κ3) is 1.93. The van der Waals surface area contributed by atoms with Crippen LogP contribution < -0.4 is 5.32 Å². The highest BCUT2D eigenvalue weighted by molar-refractivity contribution is 6.30. The van der Waals surface area contributed by atoms with Gasteiger partial charge in [-0.15, -0.1) is 0 Å². The number of halogens is 1. The SMILES string of the molecule is Clc1ccc2c(c1)NC(C1CCCCC1)C2. The van der Waals surface area contributed by atoms with Crippen LogP contribution in [0.1, 0.15) is 37.7 Å². The van der Waals surface area contributed by atoms with Crippen molar-refractivity contribution in [3.05, 3.63) is 28.8 Å². The van der Waals surface area contributed by atoms with Gasteiger partial charge in [-0.25, -0.2) is 0 Å². The number of anilines is 1. The summed E-state index contributed by atoms with van der Waals surface area (Å²) in [4.78, 5) is 0. The molecule has 3 rings (SSSR count). The van der Waals surface area contributed by atoms with Gasteiger partial charge in [-0.1, -0.05) is 36.9 Å². The molecule has 1 aliphatic carbocycles. The molecule has 16 heavy (non-hydrogen) atoms. The summed E-state index contributed by atoms with van der Waals surface area (Å²) >= 11 is 6.02. The van der Waals surface area contributed by atoms with Gasteiger partial charge in [-0.2, -0.15) is 0 Å². The minimum absolute atomic E-state index is 0.661. The quantitative estimate of drug-likeness (QED) is 0.767. The first-order valence-corrected chi connectivity index (χ1v) is 6.76. The third-order valence-electron chi connectivity index (χ3n) is 4.07. The first-order chi connectivity index (χ1) is 7.83. The summed E-state index contributed by atoms with van der Waals surface area (Å²) in [5.41, 5.74) is 2.71. The Morgan fingerprint density at radius 3 is 2.75 bits per heavy atom. The standard InChI is InChI=1S/C14H18ClN/c15-12-7-6-11-8-13(16-14(11)9-12)10-4-2-1-3-5-10/h6-7,9-10,13,16H,1-5,8H2. The molecule has 1 heterocycles. The Hall–Kier alpha value is -0.690. The second-order valence-electron chi connectivity index (χ2n) is 5.15. The van der Waals surface area contributed by atoms with Gasteiger partial charge in [0.1, 0.15) is 0 Å². The van der Waals surface area contributed by atoms with E-state index >= 15 is 0 Å². The van der Waals surface area contributed by atoms with Crippen molar-refractivity contribution >= 4 is 17.3 Å². The molecule has 1 fully saturated rings. The van der Waals surface area contributed by atoms with E-state index in [0.717, 1.165) is 10.9 Å². The van der Waals surface area contributed by atoms with Crippen molar-refractivity contribution in [1.29, 1.82) is 0 Å². The Morgan fingerprint density at radius 1 is 1.12 bits per heavy atom. The summed E-state index contributed by atoms with van der Waals surface area (Å²) < 4.78 is 0. The maximum absolute atomic E-state index is 6.02. The Morgan fingerprint density at radius 2 is 1.94 bits per heavy atom. The molecule has 0 radical (unpaired) electrons. The molecule has 1 aromatic rings. The van der Waals surface area contributed by atoms with E-state index < -0.39 is 0 Å². The predicted molar refractivity (Wildman–Crippen MR) is 69.1 cm³/mol. The lowest BCUT2D eigenvalue weighted by atomic mass is 9.83. The molecule has 1 unspecified atom stereocenters. The van der Waals surface area contributed by atoms with Crippen molar-refractivity contribution in [2.45, 2.75) is 44.6 Å². The molecule has 1 saturated carbocycles. The molecule has 0 amide bonds. The topological polar surface area (TPSA) is 12.0 Å². The molecule has 1 nitrogen and oxygen atoms in total. The maximum Gasteiger partial charge on any atom is 0.0426 e. The van der Waals surface area contributed by atoms with Crippen LogP contribution >= 0.6 is 11.6 Å². The van der Waals surface area contributed by atoms with Gasteiger partial charge < -0.3 is 5.32 Å². The molecule has 2 aliphatic rings. The van der Waals surface area contributed by atoms with Crippen LogP contribution in [0.5, 0.6) is 0 Å². The fraction of sp³-hybridized carbons (Fsp3) is 0.571. The molecule has 1 aliphatic heterocycles. The summed E-state index contributed by atoms with van der Waals surface area (Å²) in [6, 6.07) is 6.91. The third-order valence-corrected chi connectivity index (χ3v) is 4.31. The fourth-order valence-corrected chi connectivity index (χ4v) is 3.34. The summed E-state index contributed by atoms with van der Waals surface area (Å²) in [5.74, 6) is 0.875. The van der Waals surface area contributed by atoms with E-state index in [-0.39, 0.29) is 0 Å². The molecule has 2 heteroatoms. The molecule has 0 saturated heterocycles. The normalized spacial score (nSPS) is 25.2. The zero-order valence-corrected chi connectivity index (χ0v) is 10.3. The number of hydrogen-bond donors (Lipinski definition) is 1. The van der Waals surface area contributed by atoms with Crippen molar-refractivity contribution in [1.82, 2.24) is 0 Å². The predicted octanol–water partition coefficient (Wildman–Crippen LogP) is 4.26. The van der Waals surface area contributed by atoms with Gasteiger partial charge in [-0.05, 0) is 42.9 Å². The van der Waals surface area contributed by atoms with Gasteiger partial charge in [-0.3, -0.25) is 0 Å². The Kier molecular flexibility index (Phi) is 2.81. The molecule has 0 aromatic heterocycles. The molecule has 1 N–H and O–H groups in total. The lowest BCUT2D eigenvalue weighted by molar-refractivity contribution is 0.321. The number of fused-ring (bicyclic) bond motifs is 1. The molecule has 86 valence electrons. The van der Waals surface area contributed by atoms with Crippen LogP contribution in [0, 0.1) is 5.92 Å². The van der Waals surface area contributed by atoms with Crippen LogP contribution in [-0.4, -0.2) is 6.04 Å². The van der Waals surface area contributed by atoms with Crippen LogP contribution in [0.4, 0.5) is 5.69 Å². The highest BCUT2D eigenvalue weighted by Gasteiger charge is 2.28. The van der Waals surface area contributed by atoms with E-state index in [1.54, 1.807) is 0 Å². The van der Waals surface area contributed by atoms with Crippen LogP contribution in [0.15, 0.2) is 18.2 Å². The Balaban J connectivity index is 1.74. The highest BCUT2D eigenvalue weighted by Crippen LogP contribution is 2.36. The first-order valence-electron chi connectivity index (χ1n) is 6.38. The summed E-state index contributed by atoms with van der Waals surface area (Å²) in [6.45, 7) is 0. The minimum Gasteiger partial charge on any atom is -0.381 e. The van der Waals surface area contributed by atoms with Gasteiger partial charge in [0, 0.05) is 16.8 Å². The van der Waals surface area contributed by atoms with Crippen molar-refractivity contribution in [2.24, 2.45) is 5.92 Å². The maximum atomic E-state index is 6.02. The minimum atomic E-state index is 0.661. The number of nitrogens with one attached hydrogen (secondary N) is 1. The summed E-state index contributed by atoms with van der Waals surface area (Å²) in [5, 5.41) is 4.50. The number of rotatable bonds is 1. The fourth-order valence-electron chi connectivity index (χ4n) is 3.17. The second-order valence-corrected chi connectivity index (χ2v) is 5.59. The number of benzene rings is 1. The molecule has 1 atom stereocenters. The summed E-state index contributed by atoms with van der Waals surface area (Å²) in [6.07, 6.45) is 8.26. The lowest BCUT2D eigenvalue weighted by Gasteiger charge is -2.27. The van der Waals surface area contributed by atoms with Gasteiger partial charge >= 0.3 is 0 Å². The average Bonchev–Trinajstić information content (AvgIpc) is 2.73. The van der Waals surface area contributed by atoms with E-state index in [4.69, 9.17) is 11.6 Å². The van der Waals surface area contributed by atoms with Crippen LogP contribution in [-0.2, 0) is 6.42 Å². The molecule has 1 aromatic carbocycles. The zero-order valence-electron chi connectivity index (χ0n) is 9.51. The van der Waals surface area contributed by atoms with E-state index in [1.165, 1.54) is 49.8 Å². The van der Waals surface area contributed by atoms with E-state index in [9.17, 15) is 0 Å². The van der Waals surface area contributed by atoms with Crippen LogP contribution in [0.25, 0.3) is 0 Å². The monoisotopic (exact) mass is 235 g/mol. The van der Waals surface area contributed by atoms with Crippen LogP contribution in [0.2, 0.25) is 5.02 Å². The number of hydrogen-bond acceptors (Lipinski definition) is 1. The molecule has 0 bridgehead atoms. The van der Waals surface area contributed by atoms with Gasteiger partial charge in [0.25, 0.3) is 0 Å². The van der Waals surface area contributed by atoms with Gasteiger partial charge in [0.05, 0.1) is 0 Å². The van der Waals surface area contributed by atoms with E-state index in [1.807, 2.05) is 6.07 Å². The van der Waals surface area contributed by atoms with Gasteiger partial charge in [0.15, 0.2) is 0 Å². The highest BCUT2D eigenvalue weighted by atomic mass is 35.5. The molecular formula is C14H18ClN. The average molecular weight is 236 g/mol. The molecule has 0 spiro atoms.